The number of ether oxygens (including phenoxy) is 1. The summed E-state index contributed by atoms with van der Waals surface area (Å²) in [5, 5.41) is 12.3. The number of esters is 1. The van der Waals surface area contributed by atoms with Gasteiger partial charge in [0.05, 0.1) is 5.56 Å². The van der Waals surface area contributed by atoms with Crippen LogP contribution >= 0.6 is 0 Å². The molecule has 9 heteroatoms. The molecule has 1 aromatic carbocycles. The standard InChI is InChI=1S/C22H22N6O3/c1-15-16(2)28(17-8-5-4-6-9-17)21(18(15)12-23)26-19(29)14-31-20(30)13-27(3)22-24-10-7-11-25-22/h4-11H,13-14H2,1-3H3,(H,26,29). The number of hydrogen-bond acceptors (Lipinski definition) is 7. The number of carbonyl (C=O) groups excluding carboxylic acids is 2. The lowest BCUT2D eigenvalue weighted by Crippen LogP contribution is -2.31. The topological polar surface area (TPSA) is 113 Å². The van der Waals surface area contributed by atoms with E-state index in [4.69, 9.17) is 4.74 Å². The van der Waals surface area contributed by atoms with Crippen molar-refractivity contribution in [3.63, 3.8) is 0 Å². The second-order valence-electron chi connectivity index (χ2n) is 6.83. The number of likely N-dealkylation sites (N-methyl/N-ethyl adjacent to an activating group) is 1. The number of nitrogens with one attached hydrogen (secondary N) is 1. The molecule has 31 heavy (non-hydrogen) atoms. The predicted octanol–water partition coefficient (Wildman–Crippen LogP) is 2.37. The minimum Gasteiger partial charge on any atom is -0.454 e. The number of anilines is 2. The van der Waals surface area contributed by atoms with E-state index in [9.17, 15) is 14.9 Å². The van der Waals surface area contributed by atoms with Crippen LogP contribution in [0.1, 0.15) is 16.8 Å². The smallest absolute Gasteiger partial charge is 0.326 e. The lowest BCUT2D eigenvalue weighted by molar-refractivity contribution is -0.145. The second-order valence-corrected chi connectivity index (χ2v) is 6.83. The highest BCUT2D eigenvalue weighted by Crippen LogP contribution is 2.29. The first-order valence-corrected chi connectivity index (χ1v) is 9.53. The Morgan fingerprint density at radius 2 is 1.84 bits per heavy atom. The molecule has 0 fully saturated rings. The number of nitrogens with zero attached hydrogens (tertiary/aromatic N) is 5. The lowest BCUT2D eigenvalue weighted by atomic mass is 10.2. The molecule has 3 rings (SSSR count). The monoisotopic (exact) mass is 418 g/mol. The number of hydrogen-bond donors (Lipinski definition) is 1. The van der Waals surface area contributed by atoms with E-state index in [-0.39, 0.29) is 6.54 Å². The Bertz CT molecular complexity index is 1120. The zero-order valence-corrected chi connectivity index (χ0v) is 17.5. The van der Waals surface area contributed by atoms with Crippen LogP contribution in [0.5, 0.6) is 0 Å². The summed E-state index contributed by atoms with van der Waals surface area (Å²) in [4.78, 5) is 34.2. The lowest BCUT2D eigenvalue weighted by Gasteiger charge is -2.16. The van der Waals surface area contributed by atoms with Gasteiger partial charge >= 0.3 is 5.97 Å². The molecule has 0 saturated heterocycles. The first-order chi connectivity index (χ1) is 14.9. The van der Waals surface area contributed by atoms with Crippen molar-refractivity contribution >= 4 is 23.6 Å². The van der Waals surface area contributed by atoms with Crippen molar-refractivity contribution in [2.45, 2.75) is 13.8 Å². The van der Waals surface area contributed by atoms with E-state index in [0.717, 1.165) is 16.9 Å². The van der Waals surface area contributed by atoms with Crippen molar-refractivity contribution in [1.29, 1.82) is 5.26 Å². The first kappa shape index (κ1) is 21.5. The minimum absolute atomic E-state index is 0.112. The molecule has 0 atom stereocenters. The fourth-order valence-corrected chi connectivity index (χ4v) is 3.07. The Labute approximate surface area is 179 Å². The van der Waals surface area contributed by atoms with Gasteiger partial charge in [0.1, 0.15) is 18.4 Å². The molecule has 0 unspecified atom stereocenters. The third kappa shape index (κ3) is 4.87. The van der Waals surface area contributed by atoms with Crippen molar-refractivity contribution < 1.29 is 14.3 Å². The summed E-state index contributed by atoms with van der Waals surface area (Å²) in [5.74, 6) is -0.427. The number of rotatable bonds is 7. The second kappa shape index (κ2) is 9.54. The molecular weight excluding hydrogens is 396 g/mol. The van der Waals surface area contributed by atoms with Crippen LogP contribution in [0, 0.1) is 25.2 Å². The van der Waals surface area contributed by atoms with Gasteiger partial charge in [0.15, 0.2) is 6.61 Å². The zero-order valence-electron chi connectivity index (χ0n) is 17.5. The average Bonchev–Trinajstić information content (AvgIpc) is 3.02. The summed E-state index contributed by atoms with van der Waals surface area (Å²) in [7, 11) is 1.65. The van der Waals surface area contributed by atoms with E-state index in [1.54, 1.807) is 30.1 Å². The molecule has 1 amide bonds. The summed E-state index contributed by atoms with van der Waals surface area (Å²) in [6, 6.07) is 13.2. The van der Waals surface area contributed by atoms with Gasteiger partial charge in [-0.2, -0.15) is 5.26 Å². The van der Waals surface area contributed by atoms with Gasteiger partial charge in [-0.3, -0.25) is 14.2 Å². The average molecular weight is 418 g/mol. The summed E-state index contributed by atoms with van der Waals surface area (Å²) in [6.07, 6.45) is 3.13. The fraction of sp³-hybridized carbons (Fsp3) is 0.227. The fourth-order valence-electron chi connectivity index (χ4n) is 3.07. The quantitative estimate of drug-likeness (QED) is 0.586. The van der Waals surface area contributed by atoms with E-state index in [1.807, 2.05) is 44.2 Å². The van der Waals surface area contributed by atoms with E-state index < -0.39 is 18.5 Å². The molecular formula is C22H22N6O3. The van der Waals surface area contributed by atoms with Crippen molar-refractivity contribution in [2.24, 2.45) is 0 Å². The SMILES string of the molecule is Cc1c(C#N)c(NC(=O)COC(=O)CN(C)c2ncccn2)n(-c2ccccc2)c1C. The molecule has 0 bridgehead atoms. The van der Waals surface area contributed by atoms with Crippen LogP contribution in [-0.4, -0.2) is 46.6 Å². The van der Waals surface area contributed by atoms with Crippen molar-refractivity contribution in [1.82, 2.24) is 14.5 Å². The highest BCUT2D eigenvalue weighted by molar-refractivity contribution is 5.94. The molecule has 2 heterocycles. The van der Waals surface area contributed by atoms with Gasteiger partial charge in [-0.1, -0.05) is 18.2 Å². The van der Waals surface area contributed by atoms with Crippen LogP contribution < -0.4 is 10.2 Å². The number of amides is 1. The molecule has 0 aliphatic carbocycles. The van der Waals surface area contributed by atoms with E-state index in [2.05, 4.69) is 21.4 Å². The third-order valence-electron chi connectivity index (χ3n) is 4.72. The van der Waals surface area contributed by atoms with Crippen LogP contribution in [-0.2, 0) is 14.3 Å². The van der Waals surface area contributed by atoms with Gasteiger partial charge in [0.25, 0.3) is 5.91 Å². The Morgan fingerprint density at radius 1 is 1.16 bits per heavy atom. The maximum absolute atomic E-state index is 12.5. The van der Waals surface area contributed by atoms with Gasteiger partial charge in [-0.05, 0) is 37.6 Å². The van der Waals surface area contributed by atoms with Crippen molar-refractivity contribution in [2.75, 3.05) is 30.4 Å². The minimum atomic E-state index is -0.601. The van der Waals surface area contributed by atoms with Crippen LogP contribution in [0.25, 0.3) is 5.69 Å². The first-order valence-electron chi connectivity index (χ1n) is 9.53. The molecule has 0 saturated carbocycles. The maximum Gasteiger partial charge on any atom is 0.326 e. The number of carbonyl (C=O) groups is 2. The highest BCUT2D eigenvalue weighted by Gasteiger charge is 2.21. The van der Waals surface area contributed by atoms with Gasteiger partial charge in [-0.25, -0.2) is 9.97 Å². The number of para-hydroxylation sites is 1. The highest BCUT2D eigenvalue weighted by atomic mass is 16.5. The number of nitriles is 1. The molecule has 0 aliphatic heterocycles. The third-order valence-corrected chi connectivity index (χ3v) is 4.72. The van der Waals surface area contributed by atoms with Gasteiger partial charge in [0.2, 0.25) is 5.95 Å². The molecule has 0 aliphatic rings. The Balaban J connectivity index is 1.69. The van der Waals surface area contributed by atoms with E-state index in [1.165, 1.54) is 4.90 Å². The number of benzene rings is 1. The molecule has 0 spiro atoms. The van der Waals surface area contributed by atoms with Crippen LogP contribution in [0.4, 0.5) is 11.8 Å². The van der Waals surface area contributed by atoms with Gasteiger partial charge in [-0.15, -0.1) is 0 Å². The summed E-state index contributed by atoms with van der Waals surface area (Å²) >= 11 is 0. The van der Waals surface area contributed by atoms with Crippen molar-refractivity contribution in [3.8, 4) is 11.8 Å². The Morgan fingerprint density at radius 3 is 2.48 bits per heavy atom. The van der Waals surface area contributed by atoms with E-state index >= 15 is 0 Å². The Hall–Kier alpha value is -4.19. The normalized spacial score (nSPS) is 10.3. The molecule has 3 aromatic rings. The zero-order chi connectivity index (χ0) is 22.4. The molecule has 0 radical (unpaired) electrons. The number of aromatic nitrogens is 3. The molecule has 158 valence electrons. The molecule has 9 nitrogen and oxygen atoms in total. The maximum atomic E-state index is 12.5. The summed E-state index contributed by atoms with van der Waals surface area (Å²) in [5.41, 5.74) is 2.77. The Kier molecular flexibility index (Phi) is 6.62. The van der Waals surface area contributed by atoms with Crippen LogP contribution in [0.2, 0.25) is 0 Å². The van der Waals surface area contributed by atoms with Crippen molar-refractivity contribution in [3.05, 3.63) is 65.6 Å². The predicted molar refractivity (Wildman–Crippen MR) is 115 cm³/mol. The van der Waals surface area contributed by atoms with Gasteiger partial charge < -0.3 is 15.0 Å². The van der Waals surface area contributed by atoms with Crippen LogP contribution in [0.15, 0.2) is 48.8 Å². The molecule has 2 aromatic heterocycles. The van der Waals surface area contributed by atoms with Gasteiger partial charge in [0, 0.05) is 30.8 Å². The largest absolute Gasteiger partial charge is 0.454 e. The van der Waals surface area contributed by atoms with E-state index in [0.29, 0.717) is 17.3 Å². The summed E-state index contributed by atoms with van der Waals surface area (Å²) in [6.45, 7) is 3.11. The van der Waals surface area contributed by atoms with Crippen LogP contribution in [0.3, 0.4) is 0 Å². The molecule has 1 N–H and O–H groups in total. The summed E-state index contributed by atoms with van der Waals surface area (Å²) < 4.78 is 6.88.